The predicted octanol–water partition coefficient (Wildman–Crippen LogP) is 20.1. The number of aryl methyl sites for hydroxylation is 4. The number of hydrogen-bond acceptors (Lipinski definition) is 12. The van der Waals surface area contributed by atoms with Gasteiger partial charge in [-0.25, -0.2) is 4.98 Å². The molecule has 18 nitrogen and oxygen atoms in total. The topological polar surface area (TPSA) is 218 Å². The first-order chi connectivity index (χ1) is 58.6. The summed E-state index contributed by atoms with van der Waals surface area (Å²) in [7, 11) is 0. The lowest BCUT2D eigenvalue weighted by molar-refractivity contribution is -0.130. The summed E-state index contributed by atoms with van der Waals surface area (Å²) in [4.78, 5) is 36.6. The van der Waals surface area contributed by atoms with Crippen LogP contribution >= 0.6 is 63.7 Å². The molecular formula is C98H107Br4N9O9. The van der Waals surface area contributed by atoms with Gasteiger partial charge in [0, 0.05) is 167 Å². The molecule has 0 radical (unpaired) electrons. The highest BCUT2D eigenvalue weighted by atomic mass is 79.9. The number of carbonyl (C=O) groups is 1. The largest absolute Gasteiger partial charge is 0.491 e. The van der Waals surface area contributed by atoms with Gasteiger partial charge in [-0.3, -0.25) is 9.69 Å². The molecule has 8 heterocycles. The zero-order chi connectivity index (χ0) is 82.2. The number of H-pyrrole nitrogens is 4. The summed E-state index contributed by atoms with van der Waals surface area (Å²) < 4.78 is 34.9. The Morgan fingerprint density at radius 3 is 1.07 bits per heavy atom. The highest BCUT2D eigenvalue weighted by molar-refractivity contribution is 9.11. The van der Waals surface area contributed by atoms with Crippen LogP contribution in [-0.2, 0) is 41.8 Å². The maximum Gasteiger partial charge on any atom is 0.219 e. The number of piperazine rings is 1. The number of ether oxygens (including phenoxy) is 5. The van der Waals surface area contributed by atoms with Gasteiger partial charge in [0.25, 0.3) is 0 Å². The van der Waals surface area contributed by atoms with Gasteiger partial charge in [0.1, 0.15) is 73.8 Å². The predicted molar refractivity (Wildman–Crippen MR) is 490 cm³/mol. The monoisotopic (exact) mass is 1870 g/mol. The summed E-state index contributed by atoms with van der Waals surface area (Å²) in [6, 6.07) is 59.7. The molecule has 3 fully saturated rings. The van der Waals surface area contributed by atoms with Gasteiger partial charge >= 0.3 is 0 Å². The lowest BCUT2D eigenvalue weighted by atomic mass is 9.82. The van der Waals surface area contributed by atoms with Crippen LogP contribution in [-0.4, -0.2) is 175 Å². The molecule has 4 aliphatic carbocycles. The standard InChI is InChI=1S/C27H32BrN3O3.C26H31BrN2O2.C24H24BrN3O2.C21H20BrNO2/c1-18(32)31-13-11-30(12-14-31)16-21(33)17-34-22-8-5-19(6-9-22)23-3-2-4-24-25-15-20(28)7-10-26(25)29-27(23)24;27-19-9-12-25-24(15-19)23-6-4-5-22(26(23)28-25)18-7-10-21(11-8-18)31-17-20(30)16-29-13-2-1-3-14-29;25-17-6-9-23-22(12-17)21-3-1-2-20(24(21)27-23)16-4-7-19(8-5-16)30-14-18(29)13-28-11-10-26-15-28;22-14-6-9-20-19(10-14)18-3-1-2-17(21(18)23-20)13-4-7-15(8-5-13)24-11-16-12-25-16/h5-10,15,21,23,29,33H,2-4,11-14,16-17H2,1H3;7-12,15,20,22,28,30H,1-6,13-14,16-17H2;4-12,15,18,20,27,29H,1-3,13-14H2;4-10,16-17,23H,1-3,11-12H2. The first-order valence-electron chi connectivity index (χ1n) is 43.0. The Morgan fingerprint density at radius 2 is 0.750 bits per heavy atom. The molecule has 22 heteroatoms. The molecule has 3 saturated heterocycles. The van der Waals surface area contributed by atoms with Crippen LogP contribution < -0.4 is 18.9 Å². The molecule has 0 spiro atoms. The Kier molecular flexibility index (Phi) is 27.1. The highest BCUT2D eigenvalue weighted by Crippen LogP contribution is 2.46. The van der Waals surface area contributed by atoms with Crippen molar-refractivity contribution in [2.24, 2.45) is 0 Å². The Hall–Kier alpha value is -8.52. The third-order valence-corrected chi connectivity index (χ3v) is 27.1. The van der Waals surface area contributed by atoms with E-state index in [9.17, 15) is 20.1 Å². The highest BCUT2D eigenvalue weighted by Gasteiger charge is 2.32. The number of aliphatic hydroxyl groups excluding tert-OH is 3. The smallest absolute Gasteiger partial charge is 0.219 e. The molecule has 8 aromatic carbocycles. The molecule has 0 bridgehead atoms. The molecule has 8 atom stereocenters. The fraction of sp³-hybridized carbons (Fsp3) is 0.388. The molecule has 120 heavy (non-hydrogen) atoms. The van der Waals surface area contributed by atoms with E-state index in [0.29, 0.717) is 62.6 Å². The Bertz CT molecular complexity index is 5600. The summed E-state index contributed by atoms with van der Waals surface area (Å²) in [5, 5.41) is 36.3. The molecule has 7 aliphatic rings. The summed E-state index contributed by atoms with van der Waals surface area (Å²) in [6.07, 6.45) is 21.7. The van der Waals surface area contributed by atoms with E-state index in [1.807, 2.05) is 39.9 Å². The van der Waals surface area contributed by atoms with Gasteiger partial charge in [-0.2, -0.15) is 0 Å². The number of epoxide rings is 1. The second-order valence-corrected chi connectivity index (χ2v) is 37.1. The number of aromatic nitrogens is 6. The maximum absolute atomic E-state index is 11.5. The van der Waals surface area contributed by atoms with Crippen molar-refractivity contribution in [2.45, 2.75) is 158 Å². The van der Waals surface area contributed by atoms with Crippen LogP contribution in [0.15, 0.2) is 206 Å². The fourth-order valence-corrected chi connectivity index (χ4v) is 20.4. The summed E-state index contributed by atoms with van der Waals surface area (Å²) in [5.74, 6) is 5.01. The third-order valence-electron chi connectivity index (χ3n) is 25.2. The number of fused-ring (bicyclic) bond motifs is 12. The lowest BCUT2D eigenvalue weighted by Crippen LogP contribution is -2.50. The number of aliphatic hydroxyl groups is 3. The number of halogens is 4. The van der Waals surface area contributed by atoms with Crippen LogP contribution in [0.1, 0.15) is 169 Å². The number of piperidine rings is 1. The van der Waals surface area contributed by atoms with Gasteiger partial charge in [0.15, 0.2) is 0 Å². The molecule has 8 unspecified atom stereocenters. The number of nitrogens with zero attached hydrogens (tertiary/aromatic N) is 5. The first-order valence-corrected chi connectivity index (χ1v) is 46.2. The van der Waals surface area contributed by atoms with E-state index in [1.165, 1.54) is 162 Å². The number of benzene rings is 8. The number of nitrogens with one attached hydrogen (secondary N) is 4. The van der Waals surface area contributed by atoms with Gasteiger partial charge in [0.2, 0.25) is 5.91 Å². The van der Waals surface area contributed by atoms with E-state index in [1.54, 1.807) is 19.4 Å². The number of amides is 1. The number of imidazole rings is 1. The van der Waals surface area contributed by atoms with Gasteiger partial charge in [-0.1, -0.05) is 119 Å². The van der Waals surface area contributed by atoms with Crippen molar-refractivity contribution >= 4 is 113 Å². The minimum absolute atomic E-state index is 0.119. The molecule has 5 aromatic heterocycles. The van der Waals surface area contributed by atoms with E-state index in [0.717, 1.165) is 132 Å². The van der Waals surface area contributed by atoms with Crippen LogP contribution in [0.5, 0.6) is 23.0 Å². The van der Waals surface area contributed by atoms with Gasteiger partial charge in [0.05, 0.1) is 19.5 Å². The minimum atomic E-state index is -0.578. The zero-order valence-corrected chi connectivity index (χ0v) is 74.4. The summed E-state index contributed by atoms with van der Waals surface area (Å²) in [6.45, 7) is 10.9. The van der Waals surface area contributed by atoms with E-state index in [-0.39, 0.29) is 19.1 Å². The van der Waals surface area contributed by atoms with Crippen LogP contribution in [0, 0.1) is 0 Å². The number of likely N-dealkylation sites (tertiary alicyclic amines) is 1. The Balaban J connectivity index is 0.000000115. The van der Waals surface area contributed by atoms with Crippen LogP contribution in [0.3, 0.4) is 0 Å². The number of aromatic amines is 4. The van der Waals surface area contributed by atoms with Crippen LogP contribution in [0.25, 0.3) is 43.6 Å². The summed E-state index contributed by atoms with van der Waals surface area (Å²) >= 11 is 14.4. The van der Waals surface area contributed by atoms with Crippen molar-refractivity contribution in [1.82, 2.24) is 44.2 Å². The second kappa shape index (κ2) is 38.9. The van der Waals surface area contributed by atoms with E-state index in [4.69, 9.17) is 23.7 Å². The quantitative estimate of drug-likeness (QED) is 0.0315. The SMILES string of the molecule is Brc1ccc2[nH]c3c(c2c1)CCCC3c1ccc(OCC2CO2)cc1.CC(=O)N1CCN(CC(O)COc2ccc(C3CCCc4c3[nH]c3ccc(Br)cc43)cc2)CC1.OC(COc1ccc(C2CCCc3c2[nH]c2ccc(Br)cc32)cc1)CN1CCCCC1.OC(COc1ccc(C2CCCc3c2[nH]c2ccc(Br)cc32)cc1)Cn1ccnc1. The van der Waals surface area contributed by atoms with Gasteiger partial charge in [-0.05, 0) is 269 Å². The van der Waals surface area contributed by atoms with E-state index >= 15 is 0 Å². The van der Waals surface area contributed by atoms with Crippen molar-refractivity contribution in [3.05, 3.63) is 274 Å². The van der Waals surface area contributed by atoms with Crippen LogP contribution in [0.2, 0.25) is 0 Å². The van der Waals surface area contributed by atoms with Crippen molar-refractivity contribution in [3.63, 3.8) is 0 Å². The molecule has 0 saturated carbocycles. The Morgan fingerprint density at radius 1 is 0.425 bits per heavy atom. The van der Waals surface area contributed by atoms with Gasteiger partial charge in [-0.15, -0.1) is 0 Å². The number of carbonyl (C=O) groups excluding carboxylic acids is 1. The van der Waals surface area contributed by atoms with Crippen LogP contribution in [0.4, 0.5) is 0 Å². The average Bonchev–Trinajstić information content (AvgIpc) is 1.66. The first kappa shape index (κ1) is 83.7. The number of β-amino-alcohol motifs (C(OH)–C–C–N with tert-alkyl or cyclic N) is 2. The van der Waals surface area contributed by atoms with Crippen molar-refractivity contribution in [2.75, 3.05) is 85.4 Å². The average molecular weight is 1870 g/mol. The summed E-state index contributed by atoms with van der Waals surface area (Å²) in [5.41, 5.74) is 21.4. The normalized spacial score (nSPS) is 19.7. The molecule has 7 N–H and O–H groups in total. The molecule has 626 valence electrons. The van der Waals surface area contributed by atoms with Gasteiger partial charge < -0.3 is 73.3 Å². The Labute approximate surface area is 735 Å². The lowest BCUT2D eigenvalue weighted by Gasteiger charge is -2.35. The minimum Gasteiger partial charge on any atom is -0.491 e. The fourth-order valence-electron chi connectivity index (χ4n) is 19.0. The number of hydrogen-bond donors (Lipinski definition) is 7. The molecular weight excluding hydrogens is 1770 g/mol. The molecule has 1 amide bonds. The number of rotatable bonds is 22. The van der Waals surface area contributed by atoms with Crippen molar-refractivity contribution in [3.8, 4) is 23.0 Å². The second-order valence-electron chi connectivity index (χ2n) is 33.5. The molecule has 3 aliphatic heterocycles. The molecule has 20 rings (SSSR count). The molecule has 13 aromatic rings. The van der Waals surface area contributed by atoms with Crippen molar-refractivity contribution < 1.29 is 43.8 Å². The van der Waals surface area contributed by atoms with Crippen molar-refractivity contribution in [1.29, 1.82) is 0 Å². The zero-order valence-electron chi connectivity index (χ0n) is 68.1. The third kappa shape index (κ3) is 20.4. The van der Waals surface area contributed by atoms with E-state index < -0.39 is 18.3 Å². The van der Waals surface area contributed by atoms with E-state index in [2.05, 4.69) is 244 Å². The maximum atomic E-state index is 11.5.